The van der Waals surface area contributed by atoms with Gasteiger partial charge in [-0.25, -0.2) is 0 Å². The van der Waals surface area contributed by atoms with Gasteiger partial charge in [-0.2, -0.15) is 13.2 Å². The Balaban J connectivity index is 1.79. The van der Waals surface area contributed by atoms with Crippen LogP contribution in [0.15, 0.2) is 42.6 Å². The van der Waals surface area contributed by atoms with E-state index in [-0.39, 0.29) is 31.4 Å². The highest BCUT2D eigenvalue weighted by Gasteiger charge is 2.34. The number of esters is 1. The van der Waals surface area contributed by atoms with Gasteiger partial charge in [-0.15, -0.1) is 0 Å². The number of likely N-dealkylation sites (N-methyl/N-ethyl adjacent to an activating group) is 1. The average Bonchev–Trinajstić information content (AvgIpc) is 3.62. The number of ether oxygens (including phenoxy) is 1. The molecule has 3 aromatic rings. The second-order valence-corrected chi connectivity index (χ2v) is 9.33. The molecular formula is C27H28ClF3N2O3. The molecule has 0 spiro atoms. The Morgan fingerprint density at radius 3 is 2.53 bits per heavy atom. The van der Waals surface area contributed by atoms with Crippen LogP contribution in [0.3, 0.4) is 0 Å². The molecule has 0 atom stereocenters. The zero-order valence-corrected chi connectivity index (χ0v) is 21.0. The highest BCUT2D eigenvalue weighted by molar-refractivity contribution is 6.36. The van der Waals surface area contributed by atoms with Crippen LogP contribution < -0.4 is 0 Å². The smallest absolute Gasteiger partial charge is 0.416 e. The van der Waals surface area contributed by atoms with Crippen molar-refractivity contribution < 1.29 is 27.5 Å². The summed E-state index contributed by atoms with van der Waals surface area (Å²) in [6, 6.07) is 8.92. The molecule has 1 aliphatic carbocycles. The van der Waals surface area contributed by atoms with Crippen LogP contribution in [0.1, 0.15) is 37.8 Å². The minimum Gasteiger partial charge on any atom is -0.465 e. The molecule has 9 heteroatoms. The molecule has 0 N–H and O–H groups in total. The van der Waals surface area contributed by atoms with Crippen LogP contribution in [0.4, 0.5) is 13.2 Å². The van der Waals surface area contributed by atoms with Crippen molar-refractivity contribution in [3.8, 4) is 11.1 Å². The Kier molecular flexibility index (Phi) is 7.64. The molecule has 1 fully saturated rings. The van der Waals surface area contributed by atoms with Crippen LogP contribution in [-0.2, 0) is 33.5 Å². The van der Waals surface area contributed by atoms with Crippen molar-refractivity contribution in [2.75, 3.05) is 19.7 Å². The summed E-state index contributed by atoms with van der Waals surface area (Å²) in [5.41, 5.74) is 1.59. The molecule has 36 heavy (non-hydrogen) atoms. The van der Waals surface area contributed by atoms with E-state index in [9.17, 15) is 22.8 Å². The molecule has 2 aromatic carbocycles. The number of carbonyl (C=O) groups is 2. The monoisotopic (exact) mass is 520 g/mol. The molecule has 0 saturated heterocycles. The summed E-state index contributed by atoms with van der Waals surface area (Å²) >= 11 is 6.55. The number of carbonyl (C=O) groups excluding carboxylic acids is 2. The number of nitrogens with zero attached hydrogens (tertiary/aromatic N) is 2. The number of hydrogen-bond acceptors (Lipinski definition) is 3. The number of halogens is 4. The maximum Gasteiger partial charge on any atom is 0.416 e. The Morgan fingerprint density at radius 1 is 1.14 bits per heavy atom. The van der Waals surface area contributed by atoms with Crippen LogP contribution in [0, 0.1) is 5.92 Å². The predicted molar refractivity (Wildman–Crippen MR) is 133 cm³/mol. The van der Waals surface area contributed by atoms with Crippen molar-refractivity contribution in [2.24, 2.45) is 5.92 Å². The molecule has 0 aliphatic heterocycles. The van der Waals surface area contributed by atoms with Crippen molar-refractivity contribution in [1.29, 1.82) is 0 Å². The van der Waals surface area contributed by atoms with E-state index in [0.717, 1.165) is 25.0 Å². The summed E-state index contributed by atoms with van der Waals surface area (Å²) in [4.78, 5) is 26.5. The Hall–Kier alpha value is -3.00. The van der Waals surface area contributed by atoms with Crippen molar-refractivity contribution >= 4 is 34.4 Å². The van der Waals surface area contributed by atoms with E-state index in [1.165, 1.54) is 6.07 Å². The van der Waals surface area contributed by atoms with E-state index < -0.39 is 17.7 Å². The van der Waals surface area contributed by atoms with Crippen molar-refractivity contribution in [2.45, 2.75) is 45.8 Å². The molecule has 1 heterocycles. The zero-order valence-electron chi connectivity index (χ0n) is 20.2. The highest BCUT2D eigenvalue weighted by Crippen LogP contribution is 2.40. The molecule has 1 aliphatic rings. The van der Waals surface area contributed by atoms with Crippen molar-refractivity contribution in [1.82, 2.24) is 9.47 Å². The fourth-order valence-electron chi connectivity index (χ4n) is 4.50. The lowest BCUT2D eigenvalue weighted by atomic mass is 9.94. The van der Waals surface area contributed by atoms with Gasteiger partial charge in [0.05, 0.1) is 22.7 Å². The highest BCUT2D eigenvalue weighted by atomic mass is 35.5. The Bertz CT molecular complexity index is 1280. The maximum atomic E-state index is 13.6. The lowest BCUT2D eigenvalue weighted by molar-refractivity contribution is -0.143. The lowest BCUT2D eigenvalue weighted by Crippen LogP contribution is -2.33. The van der Waals surface area contributed by atoms with Crippen LogP contribution in [0.2, 0.25) is 5.02 Å². The molecule has 1 aromatic heterocycles. The molecule has 0 unspecified atom stereocenters. The van der Waals surface area contributed by atoms with E-state index in [4.69, 9.17) is 16.3 Å². The first kappa shape index (κ1) is 26.1. The van der Waals surface area contributed by atoms with Crippen LogP contribution in [0.5, 0.6) is 0 Å². The SMILES string of the molecule is CCOC(=O)Cn1cc(-c2ccc(C(F)(F)F)cc2CCN(CC)C(=O)C2CC2)c2c(Cl)cccc21. The largest absolute Gasteiger partial charge is 0.465 e. The summed E-state index contributed by atoms with van der Waals surface area (Å²) in [7, 11) is 0. The van der Waals surface area contributed by atoms with Gasteiger partial charge in [0.15, 0.2) is 0 Å². The summed E-state index contributed by atoms with van der Waals surface area (Å²) in [6.45, 7) is 4.58. The van der Waals surface area contributed by atoms with Crippen molar-refractivity contribution in [3.63, 3.8) is 0 Å². The third-order valence-electron chi connectivity index (χ3n) is 6.45. The summed E-state index contributed by atoms with van der Waals surface area (Å²) in [5.74, 6) is -0.337. The molecule has 192 valence electrons. The lowest BCUT2D eigenvalue weighted by Gasteiger charge is -2.22. The van der Waals surface area contributed by atoms with E-state index in [0.29, 0.717) is 45.7 Å². The van der Waals surface area contributed by atoms with E-state index in [2.05, 4.69) is 0 Å². The van der Waals surface area contributed by atoms with Gasteiger partial charge in [0.1, 0.15) is 6.54 Å². The molecule has 4 rings (SSSR count). The minimum atomic E-state index is -4.50. The first-order chi connectivity index (χ1) is 17.1. The first-order valence-corrected chi connectivity index (χ1v) is 12.4. The van der Waals surface area contributed by atoms with E-state index in [1.54, 1.807) is 40.8 Å². The summed E-state index contributed by atoms with van der Waals surface area (Å²) in [6.07, 6.45) is -0.796. The summed E-state index contributed by atoms with van der Waals surface area (Å²) < 4.78 is 47.6. The van der Waals surface area contributed by atoms with Crippen LogP contribution >= 0.6 is 11.6 Å². The van der Waals surface area contributed by atoms with Gasteiger partial charge in [0.25, 0.3) is 0 Å². The maximum absolute atomic E-state index is 13.6. The molecule has 0 radical (unpaired) electrons. The number of aromatic nitrogens is 1. The number of fused-ring (bicyclic) bond motifs is 1. The van der Waals surface area contributed by atoms with Gasteiger partial charge in [-0.3, -0.25) is 9.59 Å². The summed E-state index contributed by atoms with van der Waals surface area (Å²) in [5, 5.41) is 1.07. The average molecular weight is 521 g/mol. The predicted octanol–water partition coefficient (Wildman–Crippen LogP) is 6.34. The topological polar surface area (TPSA) is 51.5 Å². The number of alkyl halides is 3. The standard InChI is InChI=1S/C27H28ClF3N2O3/c1-3-32(26(35)17-8-9-17)13-12-18-14-19(27(29,30)31)10-11-20(18)21-15-33(16-24(34)36-4-2)23-7-5-6-22(28)25(21)23/h5-7,10-11,14-15,17H,3-4,8-9,12-13,16H2,1-2H3. The quantitative estimate of drug-likeness (QED) is 0.309. The second kappa shape index (κ2) is 10.5. The fourth-order valence-corrected chi connectivity index (χ4v) is 4.77. The number of benzene rings is 2. The van der Waals surface area contributed by atoms with Gasteiger partial charge in [0, 0.05) is 36.2 Å². The molecule has 0 bridgehead atoms. The van der Waals surface area contributed by atoms with Crippen LogP contribution in [0.25, 0.3) is 22.0 Å². The third-order valence-corrected chi connectivity index (χ3v) is 6.77. The third kappa shape index (κ3) is 5.53. The van der Waals surface area contributed by atoms with E-state index >= 15 is 0 Å². The zero-order chi connectivity index (χ0) is 26.0. The van der Waals surface area contributed by atoms with Gasteiger partial charge in [-0.05, 0) is 68.5 Å². The first-order valence-electron chi connectivity index (χ1n) is 12.1. The number of rotatable bonds is 9. The second-order valence-electron chi connectivity index (χ2n) is 8.92. The van der Waals surface area contributed by atoms with Gasteiger partial charge in [0.2, 0.25) is 5.91 Å². The van der Waals surface area contributed by atoms with Gasteiger partial charge >= 0.3 is 12.1 Å². The number of hydrogen-bond donors (Lipinski definition) is 0. The molecule has 5 nitrogen and oxygen atoms in total. The van der Waals surface area contributed by atoms with Gasteiger partial charge in [-0.1, -0.05) is 23.7 Å². The minimum absolute atomic E-state index is 0.0330. The van der Waals surface area contributed by atoms with Gasteiger partial charge < -0.3 is 14.2 Å². The molecular weight excluding hydrogens is 493 g/mol. The normalized spacial score (nSPS) is 13.7. The number of amides is 1. The molecule has 1 saturated carbocycles. The Labute approximate surface area is 212 Å². The van der Waals surface area contributed by atoms with Crippen molar-refractivity contribution in [3.05, 3.63) is 58.7 Å². The Morgan fingerprint density at radius 2 is 1.89 bits per heavy atom. The van der Waals surface area contributed by atoms with E-state index in [1.807, 2.05) is 6.92 Å². The fraction of sp³-hybridized carbons (Fsp3) is 0.407. The molecule has 1 amide bonds. The van der Waals surface area contributed by atoms with Crippen LogP contribution in [-0.4, -0.2) is 41.0 Å².